The average molecular weight is 400 g/mol. The summed E-state index contributed by atoms with van der Waals surface area (Å²) in [6.45, 7) is 1.77. The number of benzene rings is 3. The molecule has 0 fully saturated rings. The third-order valence-corrected chi connectivity index (χ3v) is 4.30. The zero-order valence-electron chi connectivity index (χ0n) is 16.4. The van der Waals surface area contributed by atoms with Gasteiger partial charge in [-0.15, -0.1) is 0 Å². The molecule has 3 rings (SSSR count). The molecule has 0 aliphatic carbocycles. The maximum atomic E-state index is 12.6. The molecule has 0 heterocycles. The highest BCUT2D eigenvalue weighted by Gasteiger charge is 2.22. The summed E-state index contributed by atoms with van der Waals surface area (Å²) in [5.74, 6) is -0.836. The number of nitrogens with one attached hydrogen (secondary N) is 1. The molecule has 0 spiro atoms. The Labute approximate surface area is 174 Å². The van der Waals surface area contributed by atoms with Crippen molar-refractivity contribution in [2.75, 3.05) is 5.32 Å². The van der Waals surface area contributed by atoms with E-state index in [1.165, 1.54) is 6.92 Å². The molecule has 0 saturated heterocycles. The normalized spacial score (nSPS) is 11.1. The Hall–Kier alpha value is -4.11. The number of anilines is 1. The van der Waals surface area contributed by atoms with E-state index in [1.807, 2.05) is 36.4 Å². The van der Waals surface area contributed by atoms with E-state index in [0.717, 1.165) is 5.56 Å². The number of nitriles is 1. The molecule has 3 aromatic rings. The van der Waals surface area contributed by atoms with Gasteiger partial charge in [0, 0.05) is 0 Å². The van der Waals surface area contributed by atoms with Crippen LogP contribution in [0.2, 0.25) is 0 Å². The largest absolute Gasteiger partial charge is 0.488 e. The van der Waals surface area contributed by atoms with Crippen molar-refractivity contribution in [1.82, 2.24) is 0 Å². The lowest BCUT2D eigenvalue weighted by atomic mass is 10.2. The minimum absolute atomic E-state index is 0.227. The van der Waals surface area contributed by atoms with Gasteiger partial charge in [0.15, 0.2) is 6.10 Å². The monoisotopic (exact) mass is 400 g/mol. The zero-order valence-corrected chi connectivity index (χ0v) is 16.4. The summed E-state index contributed by atoms with van der Waals surface area (Å²) in [6.07, 6.45) is -1.06. The summed E-state index contributed by atoms with van der Waals surface area (Å²) >= 11 is 0. The highest BCUT2D eigenvalue weighted by Crippen LogP contribution is 2.21. The van der Waals surface area contributed by atoms with E-state index in [9.17, 15) is 9.59 Å². The van der Waals surface area contributed by atoms with Gasteiger partial charge in [-0.25, -0.2) is 4.79 Å². The zero-order chi connectivity index (χ0) is 21.3. The number of hydrogen-bond donors (Lipinski definition) is 1. The van der Waals surface area contributed by atoms with Crippen molar-refractivity contribution < 1.29 is 19.1 Å². The van der Waals surface area contributed by atoms with Crippen molar-refractivity contribution in [3.05, 3.63) is 95.6 Å². The lowest BCUT2D eigenvalue weighted by molar-refractivity contribution is -0.123. The van der Waals surface area contributed by atoms with Crippen molar-refractivity contribution in [3.63, 3.8) is 0 Å². The molecular weight excluding hydrogens is 380 g/mol. The van der Waals surface area contributed by atoms with Gasteiger partial charge in [-0.3, -0.25) is 4.79 Å². The number of para-hydroxylation sites is 2. The topological polar surface area (TPSA) is 88.4 Å². The molecule has 0 saturated carbocycles. The fourth-order valence-corrected chi connectivity index (χ4v) is 2.70. The second-order valence-electron chi connectivity index (χ2n) is 6.46. The quantitative estimate of drug-likeness (QED) is 0.597. The van der Waals surface area contributed by atoms with Crippen LogP contribution in [0.15, 0.2) is 78.9 Å². The maximum Gasteiger partial charge on any atom is 0.342 e. The molecule has 0 unspecified atom stereocenters. The molecular formula is C24H20N2O4. The van der Waals surface area contributed by atoms with Crippen LogP contribution in [0.1, 0.15) is 28.4 Å². The molecule has 0 aromatic heterocycles. The Bertz CT molecular complexity index is 1070. The Kier molecular flexibility index (Phi) is 6.80. The van der Waals surface area contributed by atoms with Crippen molar-refractivity contribution in [2.45, 2.75) is 19.6 Å². The van der Waals surface area contributed by atoms with Gasteiger partial charge in [0.1, 0.15) is 24.0 Å². The van der Waals surface area contributed by atoms with Gasteiger partial charge in [-0.1, -0.05) is 54.6 Å². The highest BCUT2D eigenvalue weighted by atomic mass is 16.5. The molecule has 0 bridgehead atoms. The first-order valence-electron chi connectivity index (χ1n) is 9.35. The molecule has 0 aliphatic heterocycles. The first-order valence-corrected chi connectivity index (χ1v) is 9.35. The Balaban J connectivity index is 1.65. The van der Waals surface area contributed by atoms with Gasteiger partial charge >= 0.3 is 5.97 Å². The third-order valence-electron chi connectivity index (χ3n) is 4.30. The smallest absolute Gasteiger partial charge is 0.342 e. The van der Waals surface area contributed by atoms with Crippen LogP contribution in [0.4, 0.5) is 5.69 Å². The number of amides is 1. The summed E-state index contributed by atoms with van der Waals surface area (Å²) in [5, 5.41) is 11.7. The summed E-state index contributed by atoms with van der Waals surface area (Å²) in [4.78, 5) is 25.0. The van der Waals surface area contributed by atoms with Crippen LogP contribution in [0.5, 0.6) is 5.75 Å². The predicted molar refractivity (Wildman–Crippen MR) is 112 cm³/mol. The van der Waals surface area contributed by atoms with Gasteiger partial charge in [0.25, 0.3) is 5.91 Å². The van der Waals surface area contributed by atoms with Crippen LogP contribution in [-0.4, -0.2) is 18.0 Å². The summed E-state index contributed by atoms with van der Waals surface area (Å²) in [5.41, 5.74) is 1.87. The fourth-order valence-electron chi connectivity index (χ4n) is 2.70. The van der Waals surface area contributed by atoms with Gasteiger partial charge in [-0.2, -0.15) is 5.26 Å². The lowest BCUT2D eigenvalue weighted by Gasteiger charge is -2.16. The molecule has 30 heavy (non-hydrogen) atoms. The van der Waals surface area contributed by atoms with Crippen LogP contribution >= 0.6 is 0 Å². The van der Waals surface area contributed by atoms with E-state index in [1.54, 1.807) is 48.5 Å². The number of esters is 1. The minimum atomic E-state index is -1.06. The lowest BCUT2D eigenvalue weighted by Crippen LogP contribution is -2.30. The molecule has 6 heteroatoms. The molecule has 6 nitrogen and oxygen atoms in total. The number of nitrogens with zero attached hydrogens (tertiary/aromatic N) is 1. The molecule has 0 radical (unpaired) electrons. The molecule has 3 aromatic carbocycles. The van der Waals surface area contributed by atoms with E-state index < -0.39 is 18.0 Å². The van der Waals surface area contributed by atoms with Crippen LogP contribution < -0.4 is 10.1 Å². The van der Waals surface area contributed by atoms with Gasteiger partial charge in [0.05, 0.1) is 11.3 Å². The van der Waals surface area contributed by atoms with Crippen LogP contribution in [0.3, 0.4) is 0 Å². The van der Waals surface area contributed by atoms with Crippen LogP contribution in [0.25, 0.3) is 0 Å². The van der Waals surface area contributed by atoms with Gasteiger partial charge in [-0.05, 0) is 36.8 Å². The first kappa shape index (κ1) is 20.6. The van der Waals surface area contributed by atoms with Crippen LogP contribution in [0, 0.1) is 11.3 Å². The average Bonchev–Trinajstić information content (AvgIpc) is 2.78. The van der Waals surface area contributed by atoms with Crippen LogP contribution in [-0.2, 0) is 16.1 Å². The predicted octanol–water partition coefficient (Wildman–Crippen LogP) is 4.32. The number of carbonyl (C=O) groups excluding carboxylic acids is 2. The third kappa shape index (κ3) is 5.24. The Morgan fingerprint density at radius 1 is 0.967 bits per heavy atom. The molecule has 1 amide bonds. The number of hydrogen-bond acceptors (Lipinski definition) is 5. The number of carbonyl (C=O) groups is 2. The molecule has 1 N–H and O–H groups in total. The maximum absolute atomic E-state index is 12.6. The summed E-state index contributed by atoms with van der Waals surface area (Å²) < 4.78 is 11.1. The molecule has 1 atom stereocenters. The Morgan fingerprint density at radius 3 is 2.40 bits per heavy atom. The Morgan fingerprint density at radius 2 is 1.63 bits per heavy atom. The summed E-state index contributed by atoms with van der Waals surface area (Å²) in [7, 11) is 0. The number of ether oxygens (including phenoxy) is 2. The SMILES string of the molecule is C[C@@H](OC(=O)c1ccccc1OCc1ccccc1)C(=O)Nc1ccccc1C#N. The standard InChI is InChI=1S/C24H20N2O4/c1-17(23(27)26-21-13-7-5-11-19(21)15-25)30-24(28)20-12-6-8-14-22(20)29-16-18-9-3-2-4-10-18/h2-14,17H,16H2,1H3,(H,26,27)/t17-/m1/s1. The van der Waals surface area contributed by atoms with Crippen molar-refractivity contribution in [1.29, 1.82) is 5.26 Å². The van der Waals surface area contributed by atoms with Crippen molar-refractivity contribution in [3.8, 4) is 11.8 Å². The fraction of sp³-hybridized carbons (Fsp3) is 0.125. The van der Waals surface area contributed by atoms with E-state index in [2.05, 4.69) is 5.32 Å². The molecule has 0 aliphatic rings. The minimum Gasteiger partial charge on any atom is -0.488 e. The van der Waals surface area contributed by atoms with E-state index in [-0.39, 0.29) is 5.56 Å². The number of rotatable bonds is 7. The highest BCUT2D eigenvalue weighted by molar-refractivity contribution is 5.98. The van der Waals surface area contributed by atoms with E-state index >= 15 is 0 Å². The van der Waals surface area contributed by atoms with Crippen molar-refractivity contribution in [2.24, 2.45) is 0 Å². The van der Waals surface area contributed by atoms with E-state index in [4.69, 9.17) is 14.7 Å². The van der Waals surface area contributed by atoms with Crippen molar-refractivity contribution >= 4 is 17.6 Å². The first-order chi connectivity index (χ1) is 14.6. The van der Waals surface area contributed by atoms with E-state index in [0.29, 0.717) is 23.6 Å². The molecule has 150 valence electrons. The second-order valence-corrected chi connectivity index (χ2v) is 6.46. The van der Waals surface area contributed by atoms with Gasteiger partial charge in [0.2, 0.25) is 0 Å². The summed E-state index contributed by atoms with van der Waals surface area (Å²) in [6, 6.07) is 24.9. The van der Waals surface area contributed by atoms with Gasteiger partial charge < -0.3 is 14.8 Å². The second kappa shape index (κ2) is 9.89.